The van der Waals surface area contributed by atoms with Crippen LogP contribution in [0.15, 0.2) is 47.6 Å². The zero-order chi connectivity index (χ0) is 18.5. The summed E-state index contributed by atoms with van der Waals surface area (Å²) in [6.07, 6.45) is 0. The third kappa shape index (κ3) is 4.62. The van der Waals surface area contributed by atoms with E-state index in [9.17, 15) is 4.79 Å². The van der Waals surface area contributed by atoms with Crippen molar-refractivity contribution < 1.29 is 4.79 Å². The molecule has 6 nitrogen and oxygen atoms in total. The van der Waals surface area contributed by atoms with E-state index in [-0.39, 0.29) is 11.7 Å². The minimum Gasteiger partial charge on any atom is -0.351 e. The van der Waals surface area contributed by atoms with Crippen molar-refractivity contribution in [2.75, 3.05) is 5.75 Å². The van der Waals surface area contributed by atoms with E-state index < -0.39 is 0 Å². The normalized spacial score (nSPS) is 10.7. The second-order valence-electron chi connectivity index (χ2n) is 5.84. The van der Waals surface area contributed by atoms with Gasteiger partial charge in [0.1, 0.15) is 0 Å². The molecule has 0 aliphatic heterocycles. The van der Waals surface area contributed by atoms with Crippen LogP contribution >= 0.6 is 23.4 Å². The Balaban J connectivity index is 1.59. The molecule has 1 amide bonds. The average Bonchev–Trinajstić information content (AvgIpc) is 3.09. The molecule has 0 spiro atoms. The number of carbonyl (C=O) groups is 1. The number of benzene rings is 2. The van der Waals surface area contributed by atoms with Crippen LogP contribution in [-0.4, -0.2) is 31.9 Å². The van der Waals surface area contributed by atoms with Crippen LogP contribution in [0.3, 0.4) is 0 Å². The van der Waals surface area contributed by atoms with Crippen LogP contribution in [0, 0.1) is 13.8 Å². The van der Waals surface area contributed by atoms with E-state index in [1.165, 1.54) is 17.3 Å². The fourth-order valence-corrected chi connectivity index (χ4v) is 3.25. The van der Waals surface area contributed by atoms with Gasteiger partial charge in [-0.05, 0) is 65.2 Å². The molecule has 1 heterocycles. The van der Waals surface area contributed by atoms with E-state index in [1.54, 1.807) is 10.7 Å². The van der Waals surface area contributed by atoms with Crippen LogP contribution in [0.4, 0.5) is 0 Å². The molecule has 2 aromatic carbocycles. The Labute approximate surface area is 160 Å². The molecular formula is C18H18ClN5OS. The number of thioether (sulfide) groups is 1. The van der Waals surface area contributed by atoms with E-state index in [4.69, 9.17) is 11.6 Å². The molecule has 0 saturated heterocycles. The highest BCUT2D eigenvalue weighted by Crippen LogP contribution is 2.20. The first-order valence-electron chi connectivity index (χ1n) is 8.03. The molecule has 134 valence electrons. The van der Waals surface area contributed by atoms with Crippen LogP contribution in [0.2, 0.25) is 5.02 Å². The molecule has 0 atom stereocenters. The summed E-state index contributed by atoms with van der Waals surface area (Å²) in [6, 6.07) is 13.4. The summed E-state index contributed by atoms with van der Waals surface area (Å²) in [4.78, 5) is 12.1. The average molecular weight is 388 g/mol. The van der Waals surface area contributed by atoms with Crippen molar-refractivity contribution in [3.05, 3.63) is 64.2 Å². The molecule has 3 aromatic rings. The molecule has 0 aliphatic carbocycles. The van der Waals surface area contributed by atoms with Gasteiger partial charge >= 0.3 is 0 Å². The molecular weight excluding hydrogens is 370 g/mol. The van der Waals surface area contributed by atoms with Crippen molar-refractivity contribution in [3.8, 4) is 5.69 Å². The molecule has 0 saturated carbocycles. The predicted octanol–water partition coefficient (Wildman–Crippen LogP) is 3.34. The Morgan fingerprint density at radius 3 is 2.81 bits per heavy atom. The standard InChI is InChI=1S/C18H18ClN5OS/c1-12-6-7-16(8-13(12)2)24-18(21-22-23-24)26-11-17(25)20-10-14-4-3-5-15(19)9-14/h3-9H,10-11H2,1-2H3,(H,20,25). The van der Waals surface area contributed by atoms with E-state index in [2.05, 4.69) is 27.8 Å². The van der Waals surface area contributed by atoms with Crippen molar-refractivity contribution in [1.82, 2.24) is 25.5 Å². The van der Waals surface area contributed by atoms with Gasteiger partial charge in [0.25, 0.3) is 0 Å². The van der Waals surface area contributed by atoms with Crippen LogP contribution in [-0.2, 0) is 11.3 Å². The van der Waals surface area contributed by atoms with Crippen LogP contribution < -0.4 is 5.32 Å². The van der Waals surface area contributed by atoms with Gasteiger partial charge in [-0.2, -0.15) is 4.68 Å². The van der Waals surface area contributed by atoms with Crippen LogP contribution in [0.25, 0.3) is 5.69 Å². The van der Waals surface area contributed by atoms with Gasteiger partial charge in [0.2, 0.25) is 11.1 Å². The number of halogens is 1. The number of carbonyl (C=O) groups excluding carboxylic acids is 1. The zero-order valence-electron chi connectivity index (χ0n) is 14.4. The Morgan fingerprint density at radius 2 is 2.04 bits per heavy atom. The van der Waals surface area contributed by atoms with Crippen molar-refractivity contribution in [1.29, 1.82) is 0 Å². The maximum Gasteiger partial charge on any atom is 0.230 e. The summed E-state index contributed by atoms with van der Waals surface area (Å²) in [6.45, 7) is 4.53. The third-order valence-electron chi connectivity index (χ3n) is 3.89. The first-order chi connectivity index (χ1) is 12.5. The van der Waals surface area contributed by atoms with Crippen molar-refractivity contribution in [2.24, 2.45) is 0 Å². The zero-order valence-corrected chi connectivity index (χ0v) is 16.0. The van der Waals surface area contributed by atoms with Crippen molar-refractivity contribution >= 4 is 29.3 Å². The largest absolute Gasteiger partial charge is 0.351 e. The van der Waals surface area contributed by atoms with Gasteiger partial charge in [0, 0.05) is 11.6 Å². The topological polar surface area (TPSA) is 72.7 Å². The summed E-state index contributed by atoms with van der Waals surface area (Å²) >= 11 is 7.24. The smallest absolute Gasteiger partial charge is 0.230 e. The molecule has 0 radical (unpaired) electrons. The van der Waals surface area contributed by atoms with Gasteiger partial charge in [-0.25, -0.2) is 0 Å². The second-order valence-corrected chi connectivity index (χ2v) is 7.22. The van der Waals surface area contributed by atoms with Gasteiger partial charge in [0.15, 0.2) is 0 Å². The SMILES string of the molecule is Cc1ccc(-n2nnnc2SCC(=O)NCc2cccc(Cl)c2)cc1C. The fourth-order valence-electron chi connectivity index (χ4n) is 2.32. The highest BCUT2D eigenvalue weighted by atomic mass is 35.5. The summed E-state index contributed by atoms with van der Waals surface area (Å²) < 4.78 is 1.64. The quantitative estimate of drug-likeness (QED) is 0.657. The number of aromatic nitrogens is 4. The molecule has 0 unspecified atom stereocenters. The van der Waals surface area contributed by atoms with Gasteiger partial charge < -0.3 is 5.32 Å². The summed E-state index contributed by atoms with van der Waals surface area (Å²) in [5, 5.41) is 15.9. The van der Waals surface area contributed by atoms with Gasteiger partial charge in [0.05, 0.1) is 11.4 Å². The maximum absolute atomic E-state index is 12.1. The summed E-state index contributed by atoms with van der Waals surface area (Å²) in [7, 11) is 0. The number of nitrogens with zero attached hydrogens (tertiary/aromatic N) is 4. The van der Waals surface area contributed by atoms with Crippen LogP contribution in [0.5, 0.6) is 0 Å². The molecule has 1 aromatic heterocycles. The lowest BCUT2D eigenvalue weighted by atomic mass is 10.1. The number of amides is 1. The van der Waals surface area contributed by atoms with Gasteiger partial charge in [-0.1, -0.05) is 41.6 Å². The summed E-state index contributed by atoms with van der Waals surface area (Å²) in [5.74, 6) is 0.135. The van der Waals surface area contributed by atoms with E-state index in [0.29, 0.717) is 16.7 Å². The summed E-state index contributed by atoms with van der Waals surface area (Å²) in [5.41, 5.74) is 4.19. The first kappa shape index (κ1) is 18.4. The van der Waals surface area contributed by atoms with Gasteiger partial charge in [-0.3, -0.25) is 4.79 Å². The Hall–Kier alpha value is -2.38. The Kier molecular flexibility index (Phi) is 5.90. The molecule has 26 heavy (non-hydrogen) atoms. The number of hydrogen-bond donors (Lipinski definition) is 1. The molecule has 3 rings (SSSR count). The maximum atomic E-state index is 12.1. The van der Waals surface area contributed by atoms with Gasteiger partial charge in [-0.15, -0.1) is 5.10 Å². The molecule has 0 bridgehead atoms. The predicted molar refractivity (Wildman–Crippen MR) is 103 cm³/mol. The number of rotatable bonds is 6. The molecule has 1 N–H and O–H groups in total. The third-order valence-corrected chi connectivity index (χ3v) is 5.04. The minimum atomic E-state index is -0.0930. The minimum absolute atomic E-state index is 0.0930. The van der Waals surface area contributed by atoms with E-state index in [1.807, 2.05) is 43.3 Å². The number of nitrogens with one attached hydrogen (secondary N) is 1. The van der Waals surface area contributed by atoms with Crippen molar-refractivity contribution in [3.63, 3.8) is 0 Å². The van der Waals surface area contributed by atoms with Crippen molar-refractivity contribution in [2.45, 2.75) is 25.5 Å². The number of aryl methyl sites for hydroxylation is 2. The van der Waals surface area contributed by atoms with Crippen LogP contribution in [0.1, 0.15) is 16.7 Å². The second kappa shape index (κ2) is 8.33. The lowest BCUT2D eigenvalue weighted by molar-refractivity contribution is -0.118. The number of tetrazole rings is 1. The van der Waals surface area contributed by atoms with E-state index >= 15 is 0 Å². The Bertz CT molecular complexity index is 927. The highest BCUT2D eigenvalue weighted by Gasteiger charge is 2.12. The lowest BCUT2D eigenvalue weighted by Gasteiger charge is -2.07. The molecule has 0 fully saturated rings. The van der Waals surface area contributed by atoms with E-state index in [0.717, 1.165) is 16.8 Å². The fraction of sp³-hybridized carbons (Fsp3) is 0.222. The highest BCUT2D eigenvalue weighted by molar-refractivity contribution is 7.99. The monoisotopic (exact) mass is 387 g/mol. The Morgan fingerprint density at radius 1 is 1.19 bits per heavy atom. The molecule has 8 heteroatoms. The first-order valence-corrected chi connectivity index (χ1v) is 9.39. The number of hydrogen-bond acceptors (Lipinski definition) is 5. The molecule has 0 aliphatic rings. The lowest BCUT2D eigenvalue weighted by Crippen LogP contribution is -2.24.